The van der Waals surface area contributed by atoms with Gasteiger partial charge in [0.15, 0.2) is 22.8 Å². The Labute approximate surface area is 194 Å². The van der Waals surface area contributed by atoms with E-state index in [1.54, 1.807) is 42.5 Å². The van der Waals surface area contributed by atoms with Gasteiger partial charge < -0.3 is 30.2 Å². The number of phenols is 3. The molecule has 172 valence electrons. The summed E-state index contributed by atoms with van der Waals surface area (Å²) in [4.78, 5) is 24.0. The van der Waals surface area contributed by atoms with Gasteiger partial charge in [0.2, 0.25) is 5.91 Å². The van der Waals surface area contributed by atoms with Crippen LogP contribution >= 0.6 is 0 Å². The van der Waals surface area contributed by atoms with Gasteiger partial charge in [-0.05, 0) is 47.5 Å². The molecule has 8 nitrogen and oxygen atoms in total. The first kappa shape index (κ1) is 22.5. The number of benzene rings is 3. The van der Waals surface area contributed by atoms with E-state index in [0.29, 0.717) is 22.3 Å². The summed E-state index contributed by atoms with van der Waals surface area (Å²) in [5.41, 5.74) is 1.99. The van der Waals surface area contributed by atoms with Crippen LogP contribution < -0.4 is 5.32 Å². The molecule has 0 saturated carbocycles. The molecule has 1 amide bonds. The normalized spacial score (nSPS) is 12.1. The van der Waals surface area contributed by atoms with Gasteiger partial charge in [0.1, 0.15) is 11.8 Å². The summed E-state index contributed by atoms with van der Waals surface area (Å²) in [6.07, 6.45) is 2.85. The van der Waals surface area contributed by atoms with Crippen LogP contribution in [0, 0.1) is 0 Å². The molecule has 0 fully saturated rings. The number of furan rings is 1. The van der Waals surface area contributed by atoms with E-state index in [-0.39, 0.29) is 29.3 Å². The van der Waals surface area contributed by atoms with Gasteiger partial charge in [-0.3, -0.25) is 4.79 Å². The minimum absolute atomic E-state index is 0.111. The fourth-order valence-corrected chi connectivity index (χ4v) is 3.53. The number of amides is 1. The Bertz CT molecular complexity index is 1390. The number of aliphatic carboxylic acids is 1. The first-order valence-electron chi connectivity index (χ1n) is 10.3. The number of aromatic hydroxyl groups is 3. The third kappa shape index (κ3) is 4.86. The summed E-state index contributed by atoms with van der Waals surface area (Å²) >= 11 is 0. The predicted octanol–water partition coefficient (Wildman–Crippen LogP) is 4.04. The van der Waals surface area contributed by atoms with Crippen LogP contribution in [-0.2, 0) is 16.0 Å². The number of rotatable bonds is 7. The van der Waals surface area contributed by atoms with Crippen molar-refractivity contribution in [3.8, 4) is 28.6 Å². The summed E-state index contributed by atoms with van der Waals surface area (Å²) in [5, 5.41) is 41.9. The zero-order valence-corrected chi connectivity index (χ0v) is 17.8. The first-order chi connectivity index (χ1) is 16.3. The molecule has 4 aromatic rings. The lowest BCUT2D eigenvalue weighted by molar-refractivity contribution is -0.141. The van der Waals surface area contributed by atoms with Gasteiger partial charge in [0, 0.05) is 23.4 Å². The van der Waals surface area contributed by atoms with Crippen molar-refractivity contribution in [2.75, 3.05) is 0 Å². The second-order valence-corrected chi connectivity index (χ2v) is 7.65. The van der Waals surface area contributed by atoms with E-state index in [9.17, 15) is 30.0 Å². The van der Waals surface area contributed by atoms with Crippen molar-refractivity contribution in [2.45, 2.75) is 12.5 Å². The molecule has 0 aliphatic carbocycles. The SMILES string of the molecule is O=C(/C=C/c1ccc(O)c2oc(-c3ccc(O)c(O)c3)cc12)N[C@@H](Cc1ccccc1)C(=O)O. The Hall–Kier alpha value is -4.72. The molecule has 0 radical (unpaired) electrons. The average molecular weight is 459 g/mol. The van der Waals surface area contributed by atoms with Crippen LogP contribution in [0.3, 0.4) is 0 Å². The molecule has 4 rings (SSSR count). The lowest BCUT2D eigenvalue weighted by Gasteiger charge is -2.13. The number of carboxylic acid groups (broad SMARTS) is 1. The Kier molecular flexibility index (Phi) is 6.22. The molecule has 8 heteroatoms. The monoisotopic (exact) mass is 459 g/mol. The van der Waals surface area contributed by atoms with Crippen molar-refractivity contribution in [2.24, 2.45) is 0 Å². The molecule has 0 aliphatic rings. The minimum Gasteiger partial charge on any atom is -0.504 e. The highest BCUT2D eigenvalue weighted by molar-refractivity contribution is 5.99. The fourth-order valence-electron chi connectivity index (χ4n) is 3.53. The summed E-state index contributed by atoms with van der Waals surface area (Å²) in [6, 6.07) is 16.7. The molecule has 3 aromatic carbocycles. The number of carboxylic acids is 1. The zero-order valence-electron chi connectivity index (χ0n) is 17.8. The highest BCUT2D eigenvalue weighted by atomic mass is 16.4. The molecule has 0 bridgehead atoms. The van der Waals surface area contributed by atoms with Crippen molar-refractivity contribution in [1.29, 1.82) is 0 Å². The van der Waals surface area contributed by atoms with Crippen LogP contribution in [0.2, 0.25) is 0 Å². The summed E-state index contributed by atoms with van der Waals surface area (Å²) in [6.45, 7) is 0. The van der Waals surface area contributed by atoms with E-state index in [0.717, 1.165) is 5.56 Å². The Balaban J connectivity index is 1.57. The second-order valence-electron chi connectivity index (χ2n) is 7.65. The Morgan fingerprint density at radius 2 is 1.65 bits per heavy atom. The number of hydrogen-bond donors (Lipinski definition) is 5. The highest BCUT2D eigenvalue weighted by Crippen LogP contribution is 2.37. The molecule has 34 heavy (non-hydrogen) atoms. The lowest BCUT2D eigenvalue weighted by Crippen LogP contribution is -2.41. The van der Waals surface area contributed by atoms with Crippen LogP contribution in [0.4, 0.5) is 0 Å². The van der Waals surface area contributed by atoms with Crippen molar-refractivity contribution in [1.82, 2.24) is 5.32 Å². The molecule has 0 spiro atoms. The Morgan fingerprint density at radius 1 is 0.912 bits per heavy atom. The van der Waals surface area contributed by atoms with Gasteiger partial charge in [0.05, 0.1) is 0 Å². The van der Waals surface area contributed by atoms with Gasteiger partial charge >= 0.3 is 5.97 Å². The third-order valence-electron chi connectivity index (χ3n) is 5.27. The number of phenolic OH excluding ortho intramolecular Hbond substituents is 3. The molecular formula is C26H21NO7. The predicted molar refractivity (Wildman–Crippen MR) is 125 cm³/mol. The zero-order chi connectivity index (χ0) is 24.2. The first-order valence-corrected chi connectivity index (χ1v) is 10.3. The lowest BCUT2D eigenvalue weighted by atomic mass is 10.1. The number of fused-ring (bicyclic) bond motifs is 1. The van der Waals surface area contributed by atoms with E-state index < -0.39 is 17.9 Å². The van der Waals surface area contributed by atoms with Gasteiger partial charge in [0.25, 0.3) is 0 Å². The van der Waals surface area contributed by atoms with Gasteiger partial charge in [-0.25, -0.2) is 4.79 Å². The largest absolute Gasteiger partial charge is 0.504 e. The third-order valence-corrected chi connectivity index (χ3v) is 5.27. The maximum Gasteiger partial charge on any atom is 0.326 e. The van der Waals surface area contributed by atoms with Gasteiger partial charge in [-0.2, -0.15) is 0 Å². The van der Waals surface area contributed by atoms with E-state index in [4.69, 9.17) is 4.42 Å². The molecular weight excluding hydrogens is 438 g/mol. The summed E-state index contributed by atoms with van der Waals surface area (Å²) in [5.74, 6) is -2.10. The maximum atomic E-state index is 12.4. The average Bonchev–Trinajstić information content (AvgIpc) is 3.27. The van der Waals surface area contributed by atoms with Crippen LogP contribution in [0.25, 0.3) is 28.4 Å². The fraction of sp³-hybridized carbons (Fsp3) is 0.0769. The molecule has 1 aromatic heterocycles. The molecule has 1 atom stereocenters. The van der Waals surface area contributed by atoms with E-state index in [1.807, 2.05) is 6.07 Å². The van der Waals surface area contributed by atoms with Gasteiger partial charge in [-0.15, -0.1) is 0 Å². The molecule has 1 heterocycles. The number of nitrogens with one attached hydrogen (secondary N) is 1. The van der Waals surface area contributed by atoms with Crippen LogP contribution in [0.1, 0.15) is 11.1 Å². The van der Waals surface area contributed by atoms with E-state index in [2.05, 4.69) is 5.32 Å². The van der Waals surface area contributed by atoms with Crippen LogP contribution in [0.5, 0.6) is 17.2 Å². The number of hydrogen-bond acceptors (Lipinski definition) is 6. The van der Waals surface area contributed by atoms with Crippen LogP contribution in [0.15, 0.2) is 77.2 Å². The Morgan fingerprint density at radius 3 is 2.35 bits per heavy atom. The summed E-state index contributed by atoms with van der Waals surface area (Å²) < 4.78 is 5.73. The standard InChI is InChI=1S/C26H21NO7/c28-20-9-7-17(13-22(20)30)23-14-18-16(6-10-21(29)25(18)34-23)8-11-24(31)27-19(26(32)33)12-15-4-2-1-3-5-15/h1-11,13-14,19,28-30H,12H2,(H,27,31)(H,32,33)/b11-8+/t19-/m0/s1. The van der Waals surface area contributed by atoms with E-state index in [1.165, 1.54) is 30.4 Å². The van der Waals surface area contributed by atoms with Crippen LogP contribution in [-0.4, -0.2) is 38.3 Å². The summed E-state index contributed by atoms with van der Waals surface area (Å²) in [7, 11) is 0. The number of carbonyl (C=O) groups is 2. The van der Waals surface area contributed by atoms with Crippen molar-refractivity contribution >= 4 is 28.9 Å². The highest BCUT2D eigenvalue weighted by Gasteiger charge is 2.19. The van der Waals surface area contributed by atoms with E-state index >= 15 is 0 Å². The quantitative estimate of drug-likeness (QED) is 0.207. The van der Waals surface area contributed by atoms with Crippen molar-refractivity contribution in [3.63, 3.8) is 0 Å². The topological polar surface area (TPSA) is 140 Å². The molecule has 0 saturated heterocycles. The van der Waals surface area contributed by atoms with Gasteiger partial charge in [-0.1, -0.05) is 36.4 Å². The molecule has 0 aliphatic heterocycles. The van der Waals surface area contributed by atoms with Crippen molar-refractivity contribution in [3.05, 3.63) is 83.9 Å². The minimum atomic E-state index is -1.14. The smallest absolute Gasteiger partial charge is 0.326 e. The molecule has 0 unspecified atom stereocenters. The maximum absolute atomic E-state index is 12.4. The molecule has 5 N–H and O–H groups in total. The number of carbonyl (C=O) groups excluding carboxylic acids is 1. The second kappa shape index (κ2) is 9.41. The van der Waals surface area contributed by atoms with Crippen molar-refractivity contribution < 1.29 is 34.4 Å².